The van der Waals surface area contributed by atoms with E-state index in [2.05, 4.69) is 60.6 Å². The Kier molecular flexibility index (Phi) is 6.54. The third-order valence-corrected chi connectivity index (χ3v) is 7.48. The van der Waals surface area contributed by atoms with Gasteiger partial charge in [0.2, 0.25) is 5.91 Å². The Bertz CT molecular complexity index is 1010. The lowest BCUT2D eigenvalue weighted by atomic mass is 9.99. The number of carbonyl (C=O) groups is 1. The van der Waals surface area contributed by atoms with E-state index in [0.29, 0.717) is 12.5 Å². The third-order valence-electron chi connectivity index (χ3n) is 6.38. The van der Waals surface area contributed by atoms with Gasteiger partial charge < -0.3 is 10.6 Å². The van der Waals surface area contributed by atoms with Crippen molar-refractivity contribution in [3.8, 4) is 11.1 Å². The van der Waals surface area contributed by atoms with Crippen molar-refractivity contribution in [2.24, 2.45) is 17.6 Å². The van der Waals surface area contributed by atoms with Crippen molar-refractivity contribution in [1.82, 2.24) is 4.98 Å². The van der Waals surface area contributed by atoms with E-state index in [4.69, 9.17) is 5.73 Å². The van der Waals surface area contributed by atoms with E-state index >= 15 is 0 Å². The molecule has 1 amide bonds. The maximum absolute atomic E-state index is 13.5. The topological polar surface area (TPSA) is 59.2 Å². The highest BCUT2D eigenvalue weighted by Gasteiger charge is 2.48. The van der Waals surface area contributed by atoms with Gasteiger partial charge in [0.15, 0.2) is 0 Å². The zero-order valence-electron chi connectivity index (χ0n) is 18.5. The number of hydrogen-bond donors (Lipinski definition) is 1. The number of nitrogens with two attached hydrogens (primary N) is 1. The number of rotatable bonds is 8. The first kappa shape index (κ1) is 21.7. The molecule has 1 heterocycles. The second-order valence-electron chi connectivity index (χ2n) is 8.69. The zero-order chi connectivity index (χ0) is 22.0. The highest BCUT2D eigenvalue weighted by atomic mass is 32.1. The molecule has 1 aliphatic rings. The van der Waals surface area contributed by atoms with Gasteiger partial charge in [-0.25, -0.2) is 4.98 Å². The maximum Gasteiger partial charge on any atom is 0.230 e. The quantitative estimate of drug-likeness (QED) is 0.501. The van der Waals surface area contributed by atoms with Gasteiger partial charge in [-0.05, 0) is 42.5 Å². The summed E-state index contributed by atoms with van der Waals surface area (Å²) < 4.78 is 0. The van der Waals surface area contributed by atoms with E-state index in [9.17, 15) is 4.79 Å². The van der Waals surface area contributed by atoms with Crippen LogP contribution in [0.2, 0.25) is 0 Å². The lowest BCUT2D eigenvalue weighted by Gasteiger charge is -2.29. The summed E-state index contributed by atoms with van der Waals surface area (Å²) in [6, 6.07) is 18.5. The lowest BCUT2D eigenvalue weighted by molar-refractivity contribution is -0.120. The molecule has 4 atom stereocenters. The summed E-state index contributed by atoms with van der Waals surface area (Å²) in [6.07, 6.45) is 1.88. The highest BCUT2D eigenvalue weighted by Crippen LogP contribution is 2.49. The standard InChI is InChI=1S/C26H31N3OS/c1-4-17(2)24(27)15-29(26(30)23-14-22(23)25-28-18(3)16-31-25)21-12-10-20(11-13-21)19-8-6-5-7-9-19/h5-13,16-17,22-24H,4,14-15,27H2,1-3H3/t17-,22+,23+,24+/m0/s1. The fraction of sp³-hybridized carbons (Fsp3) is 0.385. The van der Waals surface area contributed by atoms with Crippen LogP contribution in [0.15, 0.2) is 60.0 Å². The van der Waals surface area contributed by atoms with E-state index in [0.717, 1.165) is 34.8 Å². The zero-order valence-corrected chi connectivity index (χ0v) is 19.3. The predicted molar refractivity (Wildman–Crippen MR) is 129 cm³/mol. The number of thiazole rings is 1. The molecule has 2 aromatic carbocycles. The first-order valence-electron chi connectivity index (χ1n) is 11.1. The number of amides is 1. The molecular weight excluding hydrogens is 402 g/mol. The van der Waals surface area contributed by atoms with Gasteiger partial charge in [-0.1, -0.05) is 62.7 Å². The average molecular weight is 434 g/mol. The second-order valence-corrected chi connectivity index (χ2v) is 9.58. The number of carbonyl (C=O) groups excluding carboxylic acids is 1. The molecular formula is C26H31N3OS. The molecule has 3 aromatic rings. The molecule has 0 radical (unpaired) electrons. The van der Waals surface area contributed by atoms with E-state index < -0.39 is 0 Å². The summed E-state index contributed by atoms with van der Waals surface area (Å²) in [4.78, 5) is 20.1. The molecule has 1 fully saturated rings. The van der Waals surface area contributed by atoms with Crippen LogP contribution in [0.25, 0.3) is 11.1 Å². The molecule has 0 spiro atoms. The van der Waals surface area contributed by atoms with Crippen LogP contribution in [-0.2, 0) is 4.79 Å². The van der Waals surface area contributed by atoms with Crippen LogP contribution in [0.5, 0.6) is 0 Å². The predicted octanol–water partition coefficient (Wildman–Crippen LogP) is 5.63. The van der Waals surface area contributed by atoms with E-state index in [1.54, 1.807) is 11.3 Å². The summed E-state index contributed by atoms with van der Waals surface area (Å²) in [5.41, 5.74) is 10.8. The highest BCUT2D eigenvalue weighted by molar-refractivity contribution is 7.09. The van der Waals surface area contributed by atoms with Gasteiger partial charge >= 0.3 is 0 Å². The smallest absolute Gasteiger partial charge is 0.230 e. The minimum atomic E-state index is -0.0537. The Morgan fingerprint density at radius 3 is 2.45 bits per heavy atom. The molecule has 1 saturated carbocycles. The van der Waals surface area contributed by atoms with Crippen LogP contribution in [-0.4, -0.2) is 23.5 Å². The van der Waals surface area contributed by atoms with Gasteiger partial charge in [-0.2, -0.15) is 0 Å². The summed E-state index contributed by atoms with van der Waals surface area (Å²) >= 11 is 1.66. The fourth-order valence-electron chi connectivity index (χ4n) is 3.96. The first-order valence-corrected chi connectivity index (χ1v) is 12.0. The normalized spacial score (nSPS) is 19.6. The Hall–Kier alpha value is -2.50. The number of hydrogen-bond acceptors (Lipinski definition) is 4. The van der Waals surface area contributed by atoms with E-state index in [1.807, 2.05) is 30.0 Å². The Balaban J connectivity index is 1.56. The molecule has 0 unspecified atom stereocenters. The number of aryl methyl sites for hydroxylation is 1. The van der Waals surface area contributed by atoms with Crippen LogP contribution in [0, 0.1) is 18.8 Å². The molecule has 1 aromatic heterocycles. The minimum Gasteiger partial charge on any atom is -0.326 e. The Morgan fingerprint density at radius 2 is 1.84 bits per heavy atom. The van der Waals surface area contributed by atoms with Crippen LogP contribution >= 0.6 is 11.3 Å². The third kappa shape index (κ3) is 4.89. The number of nitrogens with zero attached hydrogens (tertiary/aromatic N) is 2. The van der Waals surface area contributed by atoms with Gasteiger partial charge in [-0.15, -0.1) is 11.3 Å². The van der Waals surface area contributed by atoms with E-state index in [1.165, 1.54) is 5.56 Å². The summed E-state index contributed by atoms with van der Waals surface area (Å²) in [6.45, 7) is 6.85. The minimum absolute atomic E-state index is 0.00322. The number of benzene rings is 2. The van der Waals surface area contributed by atoms with Crippen LogP contribution < -0.4 is 10.6 Å². The van der Waals surface area contributed by atoms with Gasteiger partial charge in [0.05, 0.1) is 5.01 Å². The van der Waals surface area contributed by atoms with Crippen molar-refractivity contribution < 1.29 is 4.79 Å². The van der Waals surface area contributed by atoms with Crippen molar-refractivity contribution in [2.45, 2.75) is 45.6 Å². The van der Waals surface area contributed by atoms with Crippen molar-refractivity contribution >= 4 is 22.9 Å². The molecule has 0 aliphatic heterocycles. The summed E-state index contributed by atoms with van der Waals surface area (Å²) in [5.74, 6) is 0.778. The van der Waals surface area contributed by atoms with E-state index in [-0.39, 0.29) is 23.8 Å². The Labute approximate surface area is 189 Å². The van der Waals surface area contributed by atoms with Crippen molar-refractivity contribution in [3.63, 3.8) is 0 Å². The SMILES string of the molecule is CC[C@H](C)[C@H](N)CN(C(=O)[C@@H]1C[C@H]1c1nc(C)cs1)c1ccc(-c2ccccc2)cc1. The molecule has 31 heavy (non-hydrogen) atoms. The van der Waals surface area contributed by atoms with Gasteiger partial charge in [0, 0.05) is 41.2 Å². The molecule has 162 valence electrons. The summed E-state index contributed by atoms with van der Waals surface area (Å²) in [5, 5.41) is 3.15. The van der Waals surface area contributed by atoms with Crippen molar-refractivity contribution in [2.75, 3.05) is 11.4 Å². The largest absolute Gasteiger partial charge is 0.326 e. The summed E-state index contributed by atoms with van der Waals surface area (Å²) in [7, 11) is 0. The second kappa shape index (κ2) is 9.33. The Morgan fingerprint density at radius 1 is 1.16 bits per heavy atom. The lowest BCUT2D eigenvalue weighted by Crippen LogP contribution is -2.45. The molecule has 5 heteroatoms. The molecule has 4 rings (SSSR count). The van der Waals surface area contributed by atoms with Gasteiger partial charge in [0.25, 0.3) is 0 Å². The molecule has 2 N–H and O–H groups in total. The molecule has 1 aliphatic carbocycles. The van der Waals surface area contributed by atoms with Crippen LogP contribution in [0.4, 0.5) is 5.69 Å². The maximum atomic E-state index is 13.5. The fourth-order valence-corrected chi connectivity index (χ4v) is 4.94. The van der Waals surface area contributed by atoms with Crippen molar-refractivity contribution in [1.29, 1.82) is 0 Å². The van der Waals surface area contributed by atoms with Gasteiger partial charge in [0.1, 0.15) is 0 Å². The van der Waals surface area contributed by atoms with Crippen LogP contribution in [0.1, 0.15) is 43.3 Å². The monoisotopic (exact) mass is 433 g/mol. The van der Waals surface area contributed by atoms with Crippen molar-refractivity contribution in [3.05, 3.63) is 70.7 Å². The van der Waals surface area contributed by atoms with Gasteiger partial charge in [-0.3, -0.25) is 4.79 Å². The van der Waals surface area contributed by atoms with Crippen LogP contribution in [0.3, 0.4) is 0 Å². The molecule has 0 bridgehead atoms. The number of aromatic nitrogens is 1. The molecule has 4 nitrogen and oxygen atoms in total. The number of anilines is 1. The molecule has 0 saturated heterocycles. The average Bonchev–Trinajstić information content (AvgIpc) is 3.50. The first-order chi connectivity index (χ1) is 15.0.